The molecule has 124 valence electrons. The molecule has 2 amide bonds. The lowest BCUT2D eigenvalue weighted by Crippen LogP contribution is -2.47. The van der Waals surface area contributed by atoms with Crippen LogP contribution in [0.3, 0.4) is 0 Å². The quantitative estimate of drug-likeness (QED) is 0.884. The van der Waals surface area contributed by atoms with Crippen molar-refractivity contribution in [1.29, 1.82) is 0 Å². The van der Waals surface area contributed by atoms with Crippen LogP contribution in [-0.4, -0.2) is 37.5 Å². The number of nitrogens with zero attached hydrogens (tertiary/aromatic N) is 1. The van der Waals surface area contributed by atoms with Gasteiger partial charge in [0.15, 0.2) is 0 Å². The lowest BCUT2D eigenvalue weighted by molar-refractivity contribution is -0.127. The normalized spacial score (nSPS) is 24.7. The molecule has 2 saturated heterocycles. The van der Waals surface area contributed by atoms with Gasteiger partial charge in [0.25, 0.3) is 0 Å². The Morgan fingerprint density at radius 1 is 1.39 bits per heavy atom. The van der Waals surface area contributed by atoms with E-state index in [1.807, 2.05) is 24.3 Å². The van der Waals surface area contributed by atoms with Gasteiger partial charge in [-0.15, -0.1) is 0 Å². The maximum Gasteiger partial charge on any atom is 0.227 e. The number of benzene rings is 1. The summed E-state index contributed by atoms with van der Waals surface area (Å²) in [7, 11) is 0. The minimum atomic E-state index is -0.241. The zero-order valence-corrected chi connectivity index (χ0v) is 13.7. The van der Waals surface area contributed by atoms with Crippen molar-refractivity contribution in [2.24, 2.45) is 5.92 Å². The molecule has 0 bridgehead atoms. The average Bonchev–Trinajstić information content (AvgIpc) is 2.97. The summed E-state index contributed by atoms with van der Waals surface area (Å²) in [6.45, 7) is 4.42. The van der Waals surface area contributed by atoms with E-state index < -0.39 is 0 Å². The van der Waals surface area contributed by atoms with Gasteiger partial charge < -0.3 is 15.5 Å². The molecule has 0 spiro atoms. The molecule has 2 heterocycles. The van der Waals surface area contributed by atoms with Crippen LogP contribution in [0.2, 0.25) is 0 Å². The van der Waals surface area contributed by atoms with E-state index in [4.69, 9.17) is 0 Å². The molecule has 0 aliphatic carbocycles. The first kappa shape index (κ1) is 16.0. The fourth-order valence-electron chi connectivity index (χ4n) is 3.48. The van der Waals surface area contributed by atoms with Crippen LogP contribution in [0.5, 0.6) is 0 Å². The van der Waals surface area contributed by atoms with Gasteiger partial charge in [0.05, 0.1) is 5.92 Å². The first-order valence-electron chi connectivity index (χ1n) is 8.58. The highest BCUT2D eigenvalue weighted by Crippen LogP contribution is 2.28. The second-order valence-corrected chi connectivity index (χ2v) is 6.44. The number of nitrogens with one attached hydrogen (secondary N) is 2. The topological polar surface area (TPSA) is 61.4 Å². The van der Waals surface area contributed by atoms with Gasteiger partial charge >= 0.3 is 0 Å². The number of hydrogen-bond donors (Lipinski definition) is 2. The first-order chi connectivity index (χ1) is 11.2. The highest BCUT2D eigenvalue weighted by atomic mass is 16.2. The molecule has 0 radical (unpaired) electrons. The van der Waals surface area contributed by atoms with Crippen LogP contribution in [0.15, 0.2) is 24.3 Å². The summed E-state index contributed by atoms with van der Waals surface area (Å²) in [6, 6.07) is 8.15. The van der Waals surface area contributed by atoms with Gasteiger partial charge in [-0.25, -0.2) is 0 Å². The Labute approximate surface area is 137 Å². The van der Waals surface area contributed by atoms with E-state index in [0.29, 0.717) is 13.0 Å². The predicted molar refractivity (Wildman–Crippen MR) is 90.3 cm³/mol. The van der Waals surface area contributed by atoms with E-state index in [-0.39, 0.29) is 23.8 Å². The maximum atomic E-state index is 12.5. The Balaban J connectivity index is 1.66. The SMILES string of the molecule is CCc1ccccc1N1CC(C(=O)N[C@H]2CCCNC2)CC1=O. The molecule has 5 heteroatoms. The van der Waals surface area contributed by atoms with Crippen molar-refractivity contribution in [2.75, 3.05) is 24.5 Å². The summed E-state index contributed by atoms with van der Waals surface area (Å²) < 4.78 is 0. The standard InChI is InChI=1S/C18H25N3O2/c1-2-13-6-3-4-8-16(13)21-12-14(10-17(21)22)18(23)20-15-7-5-9-19-11-15/h3-4,6,8,14-15,19H,2,5,7,9-12H2,1H3,(H,20,23)/t14?,15-/m0/s1. The first-order valence-corrected chi connectivity index (χ1v) is 8.58. The Hall–Kier alpha value is -1.88. The fraction of sp³-hybridized carbons (Fsp3) is 0.556. The van der Waals surface area contributed by atoms with Gasteiger partial charge in [0.2, 0.25) is 11.8 Å². The second kappa shape index (κ2) is 7.13. The molecule has 1 aromatic carbocycles. The van der Waals surface area contributed by atoms with Crippen molar-refractivity contribution in [3.63, 3.8) is 0 Å². The number of para-hydroxylation sites is 1. The number of amides is 2. The third kappa shape index (κ3) is 3.55. The molecular formula is C18H25N3O2. The highest BCUT2D eigenvalue weighted by Gasteiger charge is 2.36. The highest BCUT2D eigenvalue weighted by molar-refractivity contribution is 6.00. The third-order valence-electron chi connectivity index (χ3n) is 4.80. The molecule has 1 aromatic rings. The maximum absolute atomic E-state index is 12.5. The van der Waals surface area contributed by atoms with E-state index >= 15 is 0 Å². The van der Waals surface area contributed by atoms with E-state index in [2.05, 4.69) is 17.6 Å². The van der Waals surface area contributed by atoms with Gasteiger partial charge in [0, 0.05) is 31.2 Å². The van der Waals surface area contributed by atoms with Crippen LogP contribution < -0.4 is 15.5 Å². The van der Waals surface area contributed by atoms with Crippen LogP contribution >= 0.6 is 0 Å². The van der Waals surface area contributed by atoms with Crippen molar-refractivity contribution in [1.82, 2.24) is 10.6 Å². The lowest BCUT2D eigenvalue weighted by Gasteiger charge is -2.25. The van der Waals surface area contributed by atoms with Gasteiger partial charge in [-0.3, -0.25) is 9.59 Å². The number of piperidine rings is 1. The second-order valence-electron chi connectivity index (χ2n) is 6.44. The Kier molecular flexibility index (Phi) is 4.96. The number of anilines is 1. The molecule has 2 aliphatic rings. The van der Waals surface area contributed by atoms with Crippen LogP contribution in [0.4, 0.5) is 5.69 Å². The van der Waals surface area contributed by atoms with Crippen molar-refractivity contribution in [3.8, 4) is 0 Å². The minimum absolute atomic E-state index is 0.0172. The summed E-state index contributed by atoms with van der Waals surface area (Å²) in [5.41, 5.74) is 2.10. The monoisotopic (exact) mass is 315 g/mol. The van der Waals surface area contributed by atoms with Gasteiger partial charge in [-0.1, -0.05) is 25.1 Å². The summed E-state index contributed by atoms with van der Waals surface area (Å²) >= 11 is 0. The lowest BCUT2D eigenvalue weighted by atomic mass is 10.0. The number of carbonyl (C=O) groups excluding carboxylic acids is 2. The van der Waals surface area contributed by atoms with Gasteiger partial charge in [-0.05, 0) is 37.4 Å². The van der Waals surface area contributed by atoms with Crippen LogP contribution in [0.1, 0.15) is 31.7 Å². The van der Waals surface area contributed by atoms with Crippen molar-refractivity contribution in [2.45, 2.75) is 38.6 Å². The van der Waals surface area contributed by atoms with Crippen molar-refractivity contribution < 1.29 is 9.59 Å². The number of carbonyl (C=O) groups is 2. The fourth-order valence-corrected chi connectivity index (χ4v) is 3.48. The number of rotatable bonds is 4. The van der Waals surface area contributed by atoms with Gasteiger partial charge in [-0.2, -0.15) is 0 Å². The molecule has 2 aliphatic heterocycles. The van der Waals surface area contributed by atoms with Crippen molar-refractivity contribution >= 4 is 17.5 Å². The average molecular weight is 315 g/mol. The zero-order valence-electron chi connectivity index (χ0n) is 13.7. The van der Waals surface area contributed by atoms with Crippen molar-refractivity contribution in [3.05, 3.63) is 29.8 Å². The molecule has 2 N–H and O–H groups in total. The summed E-state index contributed by atoms with van der Waals surface area (Å²) in [5, 5.41) is 6.40. The van der Waals surface area contributed by atoms with Gasteiger partial charge in [0.1, 0.15) is 0 Å². The predicted octanol–water partition coefficient (Wildman–Crippen LogP) is 1.47. The Bertz CT molecular complexity index is 581. The zero-order chi connectivity index (χ0) is 16.2. The van der Waals surface area contributed by atoms with E-state index in [9.17, 15) is 9.59 Å². The molecule has 3 rings (SSSR count). The van der Waals surface area contributed by atoms with E-state index in [0.717, 1.165) is 43.6 Å². The molecule has 0 aromatic heterocycles. The molecule has 2 atom stereocenters. The Morgan fingerprint density at radius 3 is 2.96 bits per heavy atom. The summed E-state index contributed by atoms with van der Waals surface area (Å²) in [5.74, 6) is -0.175. The molecule has 5 nitrogen and oxygen atoms in total. The van der Waals surface area contributed by atoms with Crippen LogP contribution in [-0.2, 0) is 16.0 Å². The Morgan fingerprint density at radius 2 is 2.22 bits per heavy atom. The molecule has 1 unspecified atom stereocenters. The number of hydrogen-bond acceptors (Lipinski definition) is 3. The molecule has 2 fully saturated rings. The largest absolute Gasteiger partial charge is 0.352 e. The summed E-state index contributed by atoms with van der Waals surface area (Å²) in [4.78, 5) is 26.6. The van der Waals surface area contributed by atoms with E-state index in [1.165, 1.54) is 0 Å². The third-order valence-corrected chi connectivity index (χ3v) is 4.80. The molecular weight excluding hydrogens is 290 g/mol. The number of aryl methyl sites for hydroxylation is 1. The van der Waals surface area contributed by atoms with Crippen LogP contribution in [0, 0.1) is 5.92 Å². The molecule has 0 saturated carbocycles. The van der Waals surface area contributed by atoms with E-state index in [1.54, 1.807) is 4.90 Å². The molecule has 23 heavy (non-hydrogen) atoms. The smallest absolute Gasteiger partial charge is 0.227 e. The van der Waals surface area contributed by atoms with Crippen LogP contribution in [0.25, 0.3) is 0 Å². The summed E-state index contributed by atoms with van der Waals surface area (Å²) in [6.07, 6.45) is 3.29. The minimum Gasteiger partial charge on any atom is -0.352 e.